The van der Waals surface area contributed by atoms with Crippen molar-refractivity contribution in [3.05, 3.63) is 72.1 Å². The van der Waals surface area contributed by atoms with Crippen LogP contribution >= 0.6 is 0 Å². The third-order valence-corrected chi connectivity index (χ3v) is 4.80. The third-order valence-electron chi connectivity index (χ3n) is 3.38. The summed E-state index contributed by atoms with van der Waals surface area (Å²) in [5, 5.41) is 2.22. The van der Waals surface area contributed by atoms with Crippen LogP contribution in [0.1, 0.15) is 15.9 Å². The summed E-state index contributed by atoms with van der Waals surface area (Å²) in [6.45, 7) is 3.30. The summed E-state index contributed by atoms with van der Waals surface area (Å²) in [4.78, 5) is 11.9. The fourth-order valence-corrected chi connectivity index (χ4v) is 3.06. The molecule has 2 aromatic rings. The highest BCUT2D eigenvalue weighted by Crippen LogP contribution is 2.30. The zero-order chi connectivity index (χ0) is 20.2. The Balaban J connectivity index is 2.26. The molecule has 0 bridgehead atoms. The fourth-order valence-electron chi connectivity index (χ4n) is 2.04. The summed E-state index contributed by atoms with van der Waals surface area (Å²) in [6, 6.07) is 6.15. The molecule has 2 rings (SSSR count). The van der Waals surface area contributed by atoms with Crippen molar-refractivity contribution >= 4 is 21.6 Å². The molecule has 0 atom stereocenters. The van der Waals surface area contributed by atoms with E-state index in [-0.39, 0.29) is 17.1 Å². The van der Waals surface area contributed by atoms with Gasteiger partial charge in [-0.05, 0) is 42.5 Å². The number of carbonyl (C=O) groups excluding carboxylic acids is 1. The molecule has 1 amide bonds. The van der Waals surface area contributed by atoms with Gasteiger partial charge in [-0.1, -0.05) is 6.08 Å². The van der Waals surface area contributed by atoms with Gasteiger partial charge in [0.25, 0.3) is 5.91 Å². The summed E-state index contributed by atoms with van der Waals surface area (Å²) >= 11 is 0. The second-order valence-electron chi connectivity index (χ2n) is 5.31. The first-order valence-corrected chi connectivity index (χ1v) is 8.91. The number of carbonyl (C=O) groups is 1. The van der Waals surface area contributed by atoms with Crippen LogP contribution in [0.25, 0.3) is 0 Å². The van der Waals surface area contributed by atoms with Crippen LogP contribution in [-0.4, -0.2) is 20.9 Å². The van der Waals surface area contributed by atoms with E-state index in [2.05, 4.69) is 16.6 Å². The van der Waals surface area contributed by atoms with Gasteiger partial charge in [-0.25, -0.2) is 17.5 Å². The summed E-state index contributed by atoms with van der Waals surface area (Å²) in [5.41, 5.74) is -1.49. The quantitative estimate of drug-likeness (QED) is 0.573. The molecule has 2 aromatic carbocycles. The lowest BCUT2D eigenvalue weighted by atomic mass is 10.1. The smallest absolute Gasteiger partial charge is 0.322 e. The number of halogens is 4. The molecule has 27 heavy (non-hydrogen) atoms. The van der Waals surface area contributed by atoms with Crippen LogP contribution in [-0.2, 0) is 16.2 Å². The lowest BCUT2D eigenvalue weighted by Gasteiger charge is -2.10. The van der Waals surface area contributed by atoms with Gasteiger partial charge in [0.1, 0.15) is 5.82 Å². The van der Waals surface area contributed by atoms with E-state index in [1.165, 1.54) is 6.08 Å². The minimum Gasteiger partial charge on any atom is -0.322 e. The van der Waals surface area contributed by atoms with Crippen LogP contribution in [0, 0.1) is 5.82 Å². The van der Waals surface area contributed by atoms with Gasteiger partial charge in [0.2, 0.25) is 10.0 Å². The largest absolute Gasteiger partial charge is 0.416 e. The first-order chi connectivity index (χ1) is 12.5. The van der Waals surface area contributed by atoms with E-state index in [9.17, 15) is 30.8 Å². The average Bonchev–Trinajstić information content (AvgIpc) is 2.59. The molecule has 5 nitrogen and oxygen atoms in total. The number of alkyl halides is 3. The van der Waals surface area contributed by atoms with Crippen molar-refractivity contribution in [3.8, 4) is 0 Å². The Morgan fingerprint density at radius 1 is 1.11 bits per heavy atom. The zero-order valence-corrected chi connectivity index (χ0v) is 14.5. The fraction of sp³-hybridized carbons (Fsp3) is 0.118. The van der Waals surface area contributed by atoms with E-state index in [4.69, 9.17) is 0 Å². The lowest BCUT2D eigenvalue weighted by molar-refractivity contribution is -0.137. The molecule has 0 heterocycles. The Kier molecular flexibility index (Phi) is 6.01. The SMILES string of the molecule is C=CCNS(=O)(=O)c1ccc(F)c(C(=O)Nc2ccc(C(F)(F)F)cc2)c1. The van der Waals surface area contributed by atoms with Crippen molar-refractivity contribution in [1.29, 1.82) is 0 Å². The second-order valence-corrected chi connectivity index (χ2v) is 7.08. The van der Waals surface area contributed by atoms with Crippen LogP contribution in [0.2, 0.25) is 0 Å². The number of rotatable bonds is 6. The van der Waals surface area contributed by atoms with Crippen molar-refractivity contribution < 1.29 is 30.8 Å². The molecule has 0 aliphatic rings. The monoisotopic (exact) mass is 402 g/mol. The number of sulfonamides is 1. The summed E-state index contributed by atoms with van der Waals surface area (Å²) < 4.78 is 77.8. The molecule has 0 saturated carbocycles. The van der Waals surface area contributed by atoms with Crippen molar-refractivity contribution in [3.63, 3.8) is 0 Å². The van der Waals surface area contributed by atoms with Crippen LogP contribution in [0.3, 0.4) is 0 Å². The maximum Gasteiger partial charge on any atom is 0.416 e. The van der Waals surface area contributed by atoms with Gasteiger partial charge in [0, 0.05) is 12.2 Å². The molecule has 0 unspecified atom stereocenters. The van der Waals surface area contributed by atoms with E-state index in [1.807, 2.05) is 0 Å². The number of nitrogens with one attached hydrogen (secondary N) is 2. The topological polar surface area (TPSA) is 75.3 Å². The average molecular weight is 402 g/mol. The lowest BCUT2D eigenvalue weighted by Crippen LogP contribution is -2.24. The highest BCUT2D eigenvalue weighted by atomic mass is 32.2. The Morgan fingerprint density at radius 2 is 1.74 bits per heavy atom. The van der Waals surface area contributed by atoms with E-state index in [0.717, 1.165) is 42.5 Å². The maximum absolute atomic E-state index is 13.9. The molecule has 0 aliphatic carbocycles. The van der Waals surface area contributed by atoms with Gasteiger partial charge in [-0.3, -0.25) is 4.79 Å². The van der Waals surface area contributed by atoms with Crippen molar-refractivity contribution in [2.24, 2.45) is 0 Å². The van der Waals surface area contributed by atoms with Gasteiger partial charge in [0.05, 0.1) is 16.0 Å². The highest BCUT2D eigenvalue weighted by Gasteiger charge is 2.30. The molecule has 0 radical (unpaired) electrons. The predicted octanol–water partition coefficient (Wildman–Crippen LogP) is 3.56. The zero-order valence-electron chi connectivity index (χ0n) is 13.7. The van der Waals surface area contributed by atoms with Gasteiger partial charge in [-0.15, -0.1) is 6.58 Å². The molecule has 144 valence electrons. The standard InChI is InChI=1S/C17H14F4N2O3S/c1-2-9-22-27(25,26)13-7-8-15(18)14(10-13)16(24)23-12-5-3-11(4-6-12)17(19,20)21/h2-8,10,22H,1,9H2,(H,23,24). The number of amides is 1. The summed E-state index contributed by atoms with van der Waals surface area (Å²) in [6.07, 6.45) is -3.23. The molecular weight excluding hydrogens is 388 g/mol. The molecule has 0 fully saturated rings. The van der Waals surface area contributed by atoms with E-state index >= 15 is 0 Å². The molecule has 0 saturated heterocycles. The van der Waals surface area contributed by atoms with Crippen LogP contribution in [0.15, 0.2) is 60.0 Å². The van der Waals surface area contributed by atoms with Crippen LogP contribution < -0.4 is 10.0 Å². The van der Waals surface area contributed by atoms with Gasteiger partial charge in [-0.2, -0.15) is 13.2 Å². The second kappa shape index (κ2) is 7.89. The van der Waals surface area contributed by atoms with E-state index in [1.54, 1.807) is 0 Å². The molecule has 0 aromatic heterocycles. The van der Waals surface area contributed by atoms with Gasteiger partial charge in [0.15, 0.2) is 0 Å². The van der Waals surface area contributed by atoms with E-state index < -0.39 is 39.1 Å². The number of anilines is 1. The Bertz CT molecular complexity index is 955. The third kappa shape index (κ3) is 5.14. The van der Waals surface area contributed by atoms with Crippen molar-refractivity contribution in [2.75, 3.05) is 11.9 Å². The van der Waals surface area contributed by atoms with Crippen molar-refractivity contribution in [1.82, 2.24) is 4.72 Å². The first kappa shape index (κ1) is 20.6. The number of hydrogen-bond acceptors (Lipinski definition) is 3. The Labute approximate surface area is 152 Å². The molecular formula is C17H14F4N2O3S. The summed E-state index contributed by atoms with van der Waals surface area (Å²) in [7, 11) is -3.98. The minimum atomic E-state index is -4.53. The minimum absolute atomic E-state index is 0.00885. The van der Waals surface area contributed by atoms with Gasteiger partial charge < -0.3 is 5.32 Å². The first-order valence-electron chi connectivity index (χ1n) is 7.43. The highest BCUT2D eigenvalue weighted by molar-refractivity contribution is 7.89. The molecule has 0 spiro atoms. The number of benzene rings is 2. The number of hydrogen-bond donors (Lipinski definition) is 2. The Morgan fingerprint density at radius 3 is 2.30 bits per heavy atom. The van der Waals surface area contributed by atoms with Crippen LogP contribution in [0.4, 0.5) is 23.2 Å². The summed E-state index contributed by atoms with van der Waals surface area (Å²) in [5.74, 6) is -1.99. The molecule has 0 aliphatic heterocycles. The van der Waals surface area contributed by atoms with Gasteiger partial charge >= 0.3 is 6.18 Å². The molecule has 2 N–H and O–H groups in total. The molecule has 10 heteroatoms. The Hall–Kier alpha value is -2.72. The van der Waals surface area contributed by atoms with Crippen LogP contribution in [0.5, 0.6) is 0 Å². The predicted molar refractivity (Wildman–Crippen MR) is 91.2 cm³/mol. The maximum atomic E-state index is 13.9. The van der Waals surface area contributed by atoms with E-state index in [0.29, 0.717) is 0 Å². The van der Waals surface area contributed by atoms with Crippen molar-refractivity contribution in [2.45, 2.75) is 11.1 Å². The normalized spacial score (nSPS) is 11.9.